The van der Waals surface area contributed by atoms with Crippen LogP contribution in [0.4, 0.5) is 0 Å². The van der Waals surface area contributed by atoms with Gasteiger partial charge in [0.05, 0.1) is 4.90 Å². The molecule has 1 saturated heterocycles. The second kappa shape index (κ2) is 11.2. The number of nitrogens with zero attached hydrogens (tertiary/aromatic N) is 1. The van der Waals surface area contributed by atoms with Crippen molar-refractivity contribution in [2.24, 2.45) is 5.92 Å². The molecule has 0 radical (unpaired) electrons. The number of nitrogens with one attached hydrogen (secondary N) is 2. The van der Waals surface area contributed by atoms with Crippen LogP contribution in [0.3, 0.4) is 0 Å². The summed E-state index contributed by atoms with van der Waals surface area (Å²) in [5.41, 5.74) is 0. The van der Waals surface area contributed by atoms with E-state index in [2.05, 4.69) is 17.6 Å². The zero-order chi connectivity index (χ0) is 20.4. The van der Waals surface area contributed by atoms with E-state index in [0.29, 0.717) is 38.9 Å². The van der Waals surface area contributed by atoms with Crippen LogP contribution in [-0.4, -0.2) is 50.7 Å². The topological polar surface area (TPSA) is 95.6 Å². The fourth-order valence-electron chi connectivity index (χ4n) is 3.25. The van der Waals surface area contributed by atoms with Crippen LogP contribution >= 0.6 is 0 Å². The molecule has 28 heavy (non-hydrogen) atoms. The predicted molar refractivity (Wildman–Crippen MR) is 108 cm³/mol. The summed E-state index contributed by atoms with van der Waals surface area (Å²) >= 11 is 0. The molecule has 1 aromatic rings. The van der Waals surface area contributed by atoms with Crippen molar-refractivity contribution in [3.05, 3.63) is 30.3 Å². The molecule has 0 bridgehead atoms. The standard InChI is InChI=1S/C20H31N3O4S/c1-2-3-13-22-20(25)17-8-7-15-23(16-12-19(24)21-14-11-17)28(26,27)18-9-5-4-6-10-18/h4-6,9-10,17H,2-3,7-8,11-16H2,1H3,(H,21,24)(H,22,25). The zero-order valence-corrected chi connectivity index (χ0v) is 17.3. The van der Waals surface area contributed by atoms with Crippen molar-refractivity contribution < 1.29 is 18.0 Å². The number of hydrogen-bond donors (Lipinski definition) is 2. The highest BCUT2D eigenvalue weighted by Gasteiger charge is 2.26. The Bertz CT molecular complexity index is 737. The summed E-state index contributed by atoms with van der Waals surface area (Å²) in [5, 5.41) is 5.75. The van der Waals surface area contributed by atoms with Gasteiger partial charge in [0.15, 0.2) is 0 Å². The molecule has 0 spiro atoms. The van der Waals surface area contributed by atoms with Crippen molar-refractivity contribution in [3.63, 3.8) is 0 Å². The Balaban J connectivity index is 2.08. The molecule has 2 rings (SSSR count). The van der Waals surface area contributed by atoms with E-state index >= 15 is 0 Å². The van der Waals surface area contributed by atoms with Crippen molar-refractivity contribution in [1.29, 1.82) is 0 Å². The van der Waals surface area contributed by atoms with Crippen molar-refractivity contribution in [2.75, 3.05) is 26.2 Å². The molecule has 0 saturated carbocycles. The molecule has 1 aromatic carbocycles. The molecule has 8 heteroatoms. The van der Waals surface area contributed by atoms with Crippen LogP contribution in [0.2, 0.25) is 0 Å². The molecule has 1 unspecified atom stereocenters. The van der Waals surface area contributed by atoms with Gasteiger partial charge in [-0.1, -0.05) is 31.5 Å². The minimum absolute atomic E-state index is 0.0144. The third-order valence-corrected chi connectivity index (χ3v) is 6.86. The first kappa shape index (κ1) is 22.4. The lowest BCUT2D eigenvalue weighted by Gasteiger charge is -2.22. The first-order chi connectivity index (χ1) is 13.4. The van der Waals surface area contributed by atoms with Crippen LogP contribution in [0.1, 0.15) is 45.4 Å². The summed E-state index contributed by atoms with van der Waals surface area (Å²) in [5.74, 6) is -0.434. The second-order valence-corrected chi connectivity index (χ2v) is 9.03. The van der Waals surface area contributed by atoms with Gasteiger partial charge in [0, 0.05) is 38.5 Å². The highest BCUT2D eigenvalue weighted by molar-refractivity contribution is 7.89. The van der Waals surface area contributed by atoms with E-state index in [0.717, 1.165) is 12.8 Å². The zero-order valence-electron chi connectivity index (χ0n) is 16.5. The van der Waals surface area contributed by atoms with Gasteiger partial charge in [0.1, 0.15) is 0 Å². The minimum atomic E-state index is -3.67. The van der Waals surface area contributed by atoms with Gasteiger partial charge in [-0.15, -0.1) is 0 Å². The molecule has 0 aliphatic carbocycles. The second-order valence-electron chi connectivity index (χ2n) is 7.09. The number of unbranched alkanes of at least 4 members (excludes halogenated alkanes) is 1. The lowest BCUT2D eigenvalue weighted by atomic mass is 9.98. The highest BCUT2D eigenvalue weighted by atomic mass is 32.2. The van der Waals surface area contributed by atoms with Crippen LogP contribution < -0.4 is 10.6 Å². The number of rotatable bonds is 6. The highest BCUT2D eigenvalue weighted by Crippen LogP contribution is 2.19. The van der Waals surface area contributed by atoms with E-state index in [1.807, 2.05) is 0 Å². The Kier molecular flexibility index (Phi) is 8.92. The van der Waals surface area contributed by atoms with Gasteiger partial charge in [-0.05, 0) is 37.8 Å². The van der Waals surface area contributed by atoms with E-state index in [9.17, 15) is 18.0 Å². The number of hydrogen-bond acceptors (Lipinski definition) is 4. The number of carbonyl (C=O) groups is 2. The maximum absolute atomic E-state index is 12.9. The average Bonchev–Trinajstić information content (AvgIpc) is 2.73. The van der Waals surface area contributed by atoms with Crippen LogP contribution in [-0.2, 0) is 19.6 Å². The van der Waals surface area contributed by atoms with Gasteiger partial charge in [0.2, 0.25) is 21.8 Å². The Labute approximate surface area is 167 Å². The van der Waals surface area contributed by atoms with Gasteiger partial charge in [-0.3, -0.25) is 9.59 Å². The Morgan fingerprint density at radius 3 is 2.68 bits per heavy atom. The lowest BCUT2D eigenvalue weighted by Crippen LogP contribution is -2.35. The third-order valence-electron chi connectivity index (χ3n) is 4.94. The van der Waals surface area contributed by atoms with E-state index in [1.165, 1.54) is 4.31 Å². The maximum Gasteiger partial charge on any atom is 0.243 e. The van der Waals surface area contributed by atoms with Gasteiger partial charge < -0.3 is 10.6 Å². The third kappa shape index (κ3) is 6.60. The molecule has 156 valence electrons. The molecule has 1 aliphatic rings. The number of carbonyl (C=O) groups excluding carboxylic acids is 2. The van der Waals surface area contributed by atoms with Crippen LogP contribution in [0.15, 0.2) is 35.2 Å². The van der Waals surface area contributed by atoms with Gasteiger partial charge >= 0.3 is 0 Å². The SMILES string of the molecule is CCCCNC(=O)C1CCCN(S(=O)(=O)c2ccccc2)CCC(=O)NCC1. The smallest absolute Gasteiger partial charge is 0.243 e. The van der Waals surface area contributed by atoms with Crippen LogP contribution in [0.5, 0.6) is 0 Å². The fourth-order valence-corrected chi connectivity index (χ4v) is 4.75. The molecule has 1 atom stereocenters. The Hall–Kier alpha value is -1.93. The van der Waals surface area contributed by atoms with Crippen molar-refractivity contribution >= 4 is 21.8 Å². The molecule has 7 nitrogen and oxygen atoms in total. The van der Waals surface area contributed by atoms with Crippen LogP contribution in [0.25, 0.3) is 0 Å². The summed E-state index contributed by atoms with van der Waals surface area (Å²) in [6.07, 6.45) is 3.78. The lowest BCUT2D eigenvalue weighted by molar-refractivity contribution is -0.126. The summed E-state index contributed by atoms with van der Waals surface area (Å²) in [7, 11) is -3.67. The molecule has 1 heterocycles. The van der Waals surface area contributed by atoms with Gasteiger partial charge in [-0.2, -0.15) is 4.31 Å². The summed E-state index contributed by atoms with van der Waals surface area (Å²) < 4.78 is 27.3. The molecule has 2 N–H and O–H groups in total. The van der Waals surface area contributed by atoms with Gasteiger partial charge in [-0.25, -0.2) is 8.42 Å². The maximum atomic E-state index is 12.9. The van der Waals surface area contributed by atoms with E-state index in [-0.39, 0.29) is 35.6 Å². The monoisotopic (exact) mass is 409 g/mol. The van der Waals surface area contributed by atoms with Crippen molar-refractivity contribution in [2.45, 2.75) is 50.3 Å². The Morgan fingerprint density at radius 1 is 1.21 bits per heavy atom. The average molecular weight is 410 g/mol. The van der Waals surface area contributed by atoms with E-state index < -0.39 is 10.0 Å². The number of sulfonamides is 1. The number of amides is 2. The predicted octanol–water partition coefficient (Wildman–Crippen LogP) is 1.90. The summed E-state index contributed by atoms with van der Waals surface area (Å²) in [6, 6.07) is 8.25. The molecular formula is C20H31N3O4S. The largest absolute Gasteiger partial charge is 0.356 e. The molecule has 1 aliphatic heterocycles. The first-order valence-corrected chi connectivity index (χ1v) is 11.5. The molecule has 0 aromatic heterocycles. The Morgan fingerprint density at radius 2 is 1.96 bits per heavy atom. The molecule has 1 fully saturated rings. The molecular weight excluding hydrogens is 378 g/mol. The first-order valence-electron chi connectivity index (χ1n) is 10.0. The summed E-state index contributed by atoms with van der Waals surface area (Å²) in [6.45, 7) is 3.57. The van der Waals surface area contributed by atoms with Crippen LogP contribution in [0, 0.1) is 5.92 Å². The van der Waals surface area contributed by atoms with E-state index in [1.54, 1.807) is 30.3 Å². The van der Waals surface area contributed by atoms with Crippen molar-refractivity contribution in [3.8, 4) is 0 Å². The van der Waals surface area contributed by atoms with Crippen molar-refractivity contribution in [1.82, 2.24) is 14.9 Å². The van der Waals surface area contributed by atoms with Gasteiger partial charge in [0.25, 0.3) is 0 Å². The number of benzene rings is 1. The molecule has 2 amide bonds. The minimum Gasteiger partial charge on any atom is -0.356 e. The normalized spacial score (nSPS) is 20.0. The fraction of sp³-hybridized carbons (Fsp3) is 0.600. The quantitative estimate of drug-likeness (QED) is 0.702. The van der Waals surface area contributed by atoms with E-state index in [4.69, 9.17) is 0 Å². The summed E-state index contributed by atoms with van der Waals surface area (Å²) in [4.78, 5) is 24.7.